The highest BCUT2D eigenvalue weighted by molar-refractivity contribution is 5.82. The maximum Gasteiger partial charge on any atom is 0.311 e. The van der Waals surface area contributed by atoms with E-state index in [2.05, 4.69) is 10.5 Å². The van der Waals surface area contributed by atoms with Gasteiger partial charge in [0.25, 0.3) is 0 Å². The number of benzene rings is 2. The van der Waals surface area contributed by atoms with Crippen LogP contribution in [0.1, 0.15) is 5.56 Å². The summed E-state index contributed by atoms with van der Waals surface area (Å²) >= 11 is 0. The van der Waals surface area contributed by atoms with Crippen LogP contribution in [-0.2, 0) is 0 Å². The third kappa shape index (κ3) is 3.29. The molecule has 0 aliphatic heterocycles. The molecule has 6 nitrogen and oxygen atoms in total. The summed E-state index contributed by atoms with van der Waals surface area (Å²) < 4.78 is 12.7. The molecule has 0 spiro atoms. The highest BCUT2D eigenvalue weighted by atomic mass is 19.1. The second kappa shape index (κ2) is 5.79. The van der Waals surface area contributed by atoms with Crippen LogP contribution in [0.3, 0.4) is 0 Å². The Morgan fingerprint density at radius 2 is 1.95 bits per heavy atom. The number of halogens is 1. The molecular weight excluding hydrogens is 265 g/mol. The first kappa shape index (κ1) is 13.5. The smallest absolute Gasteiger partial charge is 0.311 e. The van der Waals surface area contributed by atoms with E-state index in [4.69, 9.17) is 0 Å². The second-order valence-corrected chi connectivity index (χ2v) is 3.88. The van der Waals surface area contributed by atoms with Gasteiger partial charge in [-0.05, 0) is 36.4 Å². The molecule has 0 atom stereocenters. The van der Waals surface area contributed by atoms with Gasteiger partial charge in [-0.25, -0.2) is 4.39 Å². The highest BCUT2D eigenvalue weighted by Crippen LogP contribution is 2.25. The van der Waals surface area contributed by atoms with Crippen molar-refractivity contribution in [2.45, 2.75) is 0 Å². The zero-order valence-corrected chi connectivity index (χ0v) is 10.2. The molecule has 0 amide bonds. The van der Waals surface area contributed by atoms with Gasteiger partial charge in [0.15, 0.2) is 5.75 Å². The van der Waals surface area contributed by atoms with Crippen LogP contribution in [0.25, 0.3) is 0 Å². The lowest BCUT2D eigenvalue weighted by molar-refractivity contribution is -0.385. The fraction of sp³-hybridized carbons (Fsp3) is 0. The summed E-state index contributed by atoms with van der Waals surface area (Å²) in [6, 6.07) is 9.48. The molecule has 2 aromatic carbocycles. The summed E-state index contributed by atoms with van der Waals surface area (Å²) in [7, 11) is 0. The molecule has 0 aliphatic carbocycles. The minimum atomic E-state index is -0.680. The number of hydrazone groups is 1. The van der Waals surface area contributed by atoms with E-state index in [1.165, 1.54) is 48.7 Å². The van der Waals surface area contributed by atoms with Gasteiger partial charge >= 0.3 is 5.69 Å². The molecule has 0 fully saturated rings. The van der Waals surface area contributed by atoms with E-state index in [9.17, 15) is 19.6 Å². The zero-order valence-electron chi connectivity index (χ0n) is 10.2. The zero-order chi connectivity index (χ0) is 14.5. The van der Waals surface area contributed by atoms with E-state index in [0.29, 0.717) is 11.3 Å². The first-order chi connectivity index (χ1) is 9.56. The molecule has 102 valence electrons. The summed E-state index contributed by atoms with van der Waals surface area (Å²) in [5.74, 6) is -0.757. The molecule has 0 saturated carbocycles. The lowest BCUT2D eigenvalue weighted by atomic mass is 10.2. The average molecular weight is 275 g/mol. The molecule has 2 N–H and O–H groups in total. The van der Waals surface area contributed by atoms with E-state index >= 15 is 0 Å². The number of nitrogens with one attached hydrogen (secondary N) is 1. The van der Waals surface area contributed by atoms with Gasteiger partial charge in [-0.15, -0.1) is 0 Å². The van der Waals surface area contributed by atoms with Crippen molar-refractivity contribution in [3.63, 3.8) is 0 Å². The number of phenols is 1. The van der Waals surface area contributed by atoms with Gasteiger partial charge in [0.1, 0.15) is 5.82 Å². The fourth-order valence-electron chi connectivity index (χ4n) is 1.47. The summed E-state index contributed by atoms with van der Waals surface area (Å²) in [5.41, 5.74) is 3.29. The number of nitro benzene ring substituents is 1. The van der Waals surface area contributed by atoms with E-state index in [1.807, 2.05) is 0 Å². The normalized spacial score (nSPS) is 10.7. The van der Waals surface area contributed by atoms with Crippen molar-refractivity contribution in [3.05, 3.63) is 64.0 Å². The lowest BCUT2D eigenvalue weighted by Crippen LogP contribution is -1.93. The van der Waals surface area contributed by atoms with Crippen LogP contribution in [0.2, 0.25) is 0 Å². The Morgan fingerprint density at radius 1 is 1.25 bits per heavy atom. The van der Waals surface area contributed by atoms with Crippen LogP contribution in [0.15, 0.2) is 47.6 Å². The van der Waals surface area contributed by atoms with Crippen molar-refractivity contribution in [1.29, 1.82) is 0 Å². The number of hydrogen-bond acceptors (Lipinski definition) is 5. The Kier molecular flexibility index (Phi) is 3.90. The van der Waals surface area contributed by atoms with Gasteiger partial charge in [-0.2, -0.15) is 5.10 Å². The first-order valence-corrected chi connectivity index (χ1v) is 5.58. The van der Waals surface area contributed by atoms with Crippen molar-refractivity contribution in [2.75, 3.05) is 5.43 Å². The maximum absolute atomic E-state index is 12.7. The molecule has 0 unspecified atom stereocenters. The van der Waals surface area contributed by atoms with Gasteiger partial charge in [0, 0.05) is 11.6 Å². The van der Waals surface area contributed by atoms with E-state index in [1.54, 1.807) is 0 Å². The lowest BCUT2D eigenvalue weighted by Gasteiger charge is -2.00. The van der Waals surface area contributed by atoms with Crippen molar-refractivity contribution >= 4 is 17.6 Å². The van der Waals surface area contributed by atoms with Crippen LogP contribution in [0, 0.1) is 15.9 Å². The predicted octanol–water partition coefficient (Wildman–Crippen LogP) is 2.89. The molecule has 2 aromatic rings. The number of aromatic hydroxyl groups is 1. The second-order valence-electron chi connectivity index (χ2n) is 3.88. The minimum absolute atomic E-state index is 0.353. The van der Waals surface area contributed by atoms with Crippen LogP contribution in [-0.4, -0.2) is 16.2 Å². The molecule has 0 aromatic heterocycles. The quantitative estimate of drug-likeness (QED) is 0.510. The molecule has 0 bridgehead atoms. The van der Waals surface area contributed by atoms with Crippen molar-refractivity contribution in [1.82, 2.24) is 0 Å². The first-order valence-electron chi connectivity index (χ1n) is 5.58. The summed E-state index contributed by atoms with van der Waals surface area (Å²) in [4.78, 5) is 9.97. The molecule has 0 aliphatic rings. The third-order valence-electron chi connectivity index (χ3n) is 2.45. The number of nitrogens with zero attached hydrogens (tertiary/aromatic N) is 2. The third-order valence-corrected chi connectivity index (χ3v) is 2.45. The average Bonchev–Trinajstić information content (AvgIpc) is 2.42. The SMILES string of the molecule is O=[N+]([O-])c1cc(C=NNc2ccc(F)cc2)ccc1O. The van der Waals surface area contributed by atoms with Crippen molar-refractivity contribution < 1.29 is 14.4 Å². The predicted molar refractivity (Wildman–Crippen MR) is 72.4 cm³/mol. The standard InChI is InChI=1S/C13H10FN3O3/c14-10-2-4-11(5-3-10)16-15-8-9-1-6-13(18)12(7-9)17(19)20/h1-8,16,18H. The summed E-state index contributed by atoms with van der Waals surface area (Å²) in [6.07, 6.45) is 1.36. The largest absolute Gasteiger partial charge is 0.502 e. The molecule has 0 radical (unpaired) electrons. The topological polar surface area (TPSA) is 87.8 Å². The van der Waals surface area contributed by atoms with Crippen LogP contribution in [0.5, 0.6) is 5.75 Å². The number of phenolic OH excluding ortho intramolecular Hbond substituents is 1. The number of anilines is 1. The fourth-order valence-corrected chi connectivity index (χ4v) is 1.47. The van der Waals surface area contributed by atoms with Gasteiger partial charge < -0.3 is 5.11 Å². The molecular formula is C13H10FN3O3. The van der Waals surface area contributed by atoms with Crippen molar-refractivity contribution in [3.8, 4) is 5.75 Å². The summed E-state index contributed by atoms with van der Waals surface area (Å²) in [5, 5.41) is 23.8. The van der Waals surface area contributed by atoms with E-state index < -0.39 is 16.4 Å². The minimum Gasteiger partial charge on any atom is -0.502 e. The van der Waals surface area contributed by atoms with Gasteiger partial charge in [0.2, 0.25) is 0 Å². The van der Waals surface area contributed by atoms with E-state index in [-0.39, 0.29) is 5.82 Å². The Balaban J connectivity index is 2.10. The molecule has 20 heavy (non-hydrogen) atoms. The number of nitro groups is 1. The van der Waals surface area contributed by atoms with Gasteiger partial charge in [0.05, 0.1) is 16.8 Å². The van der Waals surface area contributed by atoms with Crippen LogP contribution < -0.4 is 5.43 Å². The van der Waals surface area contributed by atoms with Gasteiger partial charge in [-0.3, -0.25) is 15.5 Å². The Hall–Kier alpha value is -2.96. The van der Waals surface area contributed by atoms with Crippen LogP contribution >= 0.6 is 0 Å². The Labute approximate surface area is 113 Å². The highest BCUT2D eigenvalue weighted by Gasteiger charge is 2.12. The number of hydrogen-bond donors (Lipinski definition) is 2. The summed E-state index contributed by atoms with van der Waals surface area (Å²) in [6.45, 7) is 0. The molecule has 2 rings (SSSR count). The molecule has 0 heterocycles. The maximum atomic E-state index is 12.7. The van der Waals surface area contributed by atoms with E-state index in [0.717, 1.165) is 0 Å². The Bertz CT molecular complexity index is 656. The van der Waals surface area contributed by atoms with Crippen molar-refractivity contribution in [2.24, 2.45) is 5.10 Å². The number of rotatable bonds is 4. The van der Waals surface area contributed by atoms with Gasteiger partial charge in [-0.1, -0.05) is 0 Å². The Morgan fingerprint density at radius 3 is 2.60 bits per heavy atom. The molecule has 0 saturated heterocycles. The van der Waals surface area contributed by atoms with Crippen LogP contribution in [0.4, 0.5) is 15.8 Å². The molecule has 7 heteroatoms. The monoisotopic (exact) mass is 275 g/mol.